The van der Waals surface area contributed by atoms with Crippen LogP contribution in [0.15, 0.2) is 48.5 Å². The van der Waals surface area contributed by atoms with Crippen LogP contribution in [0.1, 0.15) is 35.2 Å². The van der Waals surface area contributed by atoms with E-state index in [-0.39, 0.29) is 5.91 Å². The van der Waals surface area contributed by atoms with Gasteiger partial charge < -0.3 is 14.8 Å². The lowest BCUT2D eigenvalue weighted by atomic mass is 9.96. The summed E-state index contributed by atoms with van der Waals surface area (Å²) in [7, 11) is 3.14. The van der Waals surface area contributed by atoms with Crippen molar-refractivity contribution in [1.82, 2.24) is 5.32 Å². The molecule has 0 heterocycles. The van der Waals surface area contributed by atoms with E-state index < -0.39 is 0 Å². The van der Waals surface area contributed by atoms with Crippen LogP contribution in [0, 0.1) is 0 Å². The highest BCUT2D eigenvalue weighted by molar-refractivity contribution is 5.95. The number of carbonyl (C=O) groups excluding carboxylic acids is 1. The molecule has 1 N–H and O–H groups in total. The predicted molar refractivity (Wildman–Crippen MR) is 91.4 cm³/mol. The zero-order chi connectivity index (χ0) is 16.7. The largest absolute Gasteiger partial charge is 0.497 e. The number of rotatable bonds is 7. The van der Waals surface area contributed by atoms with Crippen molar-refractivity contribution < 1.29 is 14.3 Å². The molecule has 0 spiro atoms. The third kappa shape index (κ3) is 4.49. The average Bonchev–Trinajstić information content (AvgIpc) is 2.62. The molecule has 1 amide bonds. The molecule has 4 nitrogen and oxygen atoms in total. The number of methoxy groups -OCH3 is 2. The van der Waals surface area contributed by atoms with Gasteiger partial charge in [0.2, 0.25) is 0 Å². The summed E-state index contributed by atoms with van der Waals surface area (Å²) in [4.78, 5) is 12.4. The molecule has 1 atom stereocenters. The Morgan fingerprint density at radius 3 is 2.17 bits per heavy atom. The molecule has 2 rings (SSSR count). The molecular formula is C19H23NO3. The smallest absolute Gasteiger partial charge is 0.251 e. The van der Waals surface area contributed by atoms with Crippen molar-refractivity contribution in [3.63, 3.8) is 0 Å². The number of ether oxygens (including phenoxy) is 2. The van der Waals surface area contributed by atoms with E-state index in [4.69, 9.17) is 9.47 Å². The third-order valence-corrected chi connectivity index (χ3v) is 3.89. The van der Waals surface area contributed by atoms with Gasteiger partial charge in [0.05, 0.1) is 14.2 Å². The first-order valence-corrected chi connectivity index (χ1v) is 7.74. The topological polar surface area (TPSA) is 47.6 Å². The van der Waals surface area contributed by atoms with Crippen LogP contribution >= 0.6 is 0 Å². The number of benzene rings is 2. The van der Waals surface area contributed by atoms with Crippen LogP contribution < -0.4 is 14.8 Å². The molecular weight excluding hydrogens is 290 g/mol. The van der Waals surface area contributed by atoms with Crippen molar-refractivity contribution in [3.05, 3.63) is 59.7 Å². The highest BCUT2D eigenvalue weighted by Crippen LogP contribution is 2.23. The molecule has 0 fully saturated rings. The average molecular weight is 313 g/mol. The van der Waals surface area contributed by atoms with Crippen molar-refractivity contribution in [2.24, 2.45) is 0 Å². The van der Waals surface area contributed by atoms with E-state index in [1.807, 2.05) is 18.2 Å². The number of nitrogens with one attached hydrogen (secondary N) is 1. The summed E-state index contributed by atoms with van der Waals surface area (Å²) in [5.74, 6) is 1.37. The Bertz CT molecular complexity index is 618. The minimum Gasteiger partial charge on any atom is -0.497 e. The van der Waals surface area contributed by atoms with Gasteiger partial charge in [0.1, 0.15) is 11.5 Å². The van der Waals surface area contributed by atoms with Gasteiger partial charge in [-0.2, -0.15) is 0 Å². The number of carbonyl (C=O) groups is 1. The molecule has 122 valence electrons. The second-order valence-electron chi connectivity index (χ2n) is 5.33. The molecule has 0 saturated carbocycles. The van der Waals surface area contributed by atoms with Gasteiger partial charge >= 0.3 is 0 Å². The molecule has 0 aliphatic carbocycles. The summed E-state index contributed by atoms with van der Waals surface area (Å²) in [6.07, 6.45) is 0.964. The van der Waals surface area contributed by atoms with Gasteiger partial charge in [0.25, 0.3) is 5.91 Å². The molecule has 23 heavy (non-hydrogen) atoms. The standard InChI is InChI=1S/C19H23NO3/c1-4-14(15-8-6-5-7-9-15)13-20-19(21)16-10-17(22-2)12-18(11-16)23-3/h5-12,14H,4,13H2,1-3H3,(H,20,21)/t14-/m0/s1. The minimum atomic E-state index is -0.128. The third-order valence-electron chi connectivity index (χ3n) is 3.89. The van der Waals surface area contributed by atoms with Gasteiger partial charge in [0.15, 0.2) is 0 Å². The van der Waals surface area contributed by atoms with E-state index in [1.54, 1.807) is 32.4 Å². The Kier molecular flexibility index (Phi) is 6.03. The zero-order valence-electron chi connectivity index (χ0n) is 13.8. The van der Waals surface area contributed by atoms with E-state index in [1.165, 1.54) is 5.56 Å². The van der Waals surface area contributed by atoms with Crippen molar-refractivity contribution in [3.8, 4) is 11.5 Å². The first-order chi connectivity index (χ1) is 11.2. The Morgan fingerprint density at radius 2 is 1.65 bits per heavy atom. The fourth-order valence-electron chi connectivity index (χ4n) is 2.48. The van der Waals surface area contributed by atoms with Gasteiger partial charge in [-0.25, -0.2) is 0 Å². The van der Waals surface area contributed by atoms with Crippen LogP contribution in [0.3, 0.4) is 0 Å². The second kappa shape index (κ2) is 8.22. The molecule has 0 bridgehead atoms. The Labute approximate surface area is 137 Å². The SMILES string of the molecule is CC[C@@H](CNC(=O)c1cc(OC)cc(OC)c1)c1ccccc1. The van der Waals surface area contributed by atoms with Crippen molar-refractivity contribution >= 4 is 5.91 Å². The van der Waals surface area contributed by atoms with Gasteiger partial charge in [-0.1, -0.05) is 37.3 Å². The summed E-state index contributed by atoms with van der Waals surface area (Å²) >= 11 is 0. The van der Waals surface area contributed by atoms with E-state index in [0.717, 1.165) is 6.42 Å². The van der Waals surface area contributed by atoms with E-state index in [9.17, 15) is 4.79 Å². The normalized spacial score (nSPS) is 11.6. The summed E-state index contributed by atoms with van der Waals surface area (Å²) < 4.78 is 10.4. The summed E-state index contributed by atoms with van der Waals surface area (Å²) in [5, 5.41) is 3.00. The molecule has 2 aromatic rings. The molecule has 0 aromatic heterocycles. The van der Waals surface area contributed by atoms with Crippen LogP contribution in [-0.4, -0.2) is 26.7 Å². The van der Waals surface area contributed by atoms with Crippen LogP contribution in [0.4, 0.5) is 0 Å². The number of hydrogen-bond donors (Lipinski definition) is 1. The van der Waals surface area contributed by atoms with E-state index in [2.05, 4.69) is 24.4 Å². The molecule has 4 heteroatoms. The van der Waals surface area contributed by atoms with Gasteiger partial charge in [-0.05, 0) is 24.1 Å². The molecule has 0 unspecified atom stereocenters. The Morgan fingerprint density at radius 1 is 1.04 bits per heavy atom. The maximum atomic E-state index is 12.4. The Balaban J connectivity index is 2.07. The number of amides is 1. The van der Waals surface area contributed by atoms with E-state index >= 15 is 0 Å². The maximum Gasteiger partial charge on any atom is 0.251 e. The van der Waals surface area contributed by atoms with Crippen LogP contribution in [-0.2, 0) is 0 Å². The second-order valence-corrected chi connectivity index (χ2v) is 5.33. The van der Waals surface area contributed by atoms with Crippen molar-refractivity contribution in [1.29, 1.82) is 0 Å². The molecule has 0 aliphatic rings. The zero-order valence-corrected chi connectivity index (χ0v) is 13.8. The van der Waals surface area contributed by atoms with Crippen LogP contribution in [0.2, 0.25) is 0 Å². The highest BCUT2D eigenvalue weighted by Gasteiger charge is 2.13. The first kappa shape index (κ1) is 16.9. The quantitative estimate of drug-likeness (QED) is 0.849. The van der Waals surface area contributed by atoms with Gasteiger partial charge in [-0.3, -0.25) is 4.79 Å². The molecule has 2 aromatic carbocycles. The summed E-state index contributed by atoms with van der Waals surface area (Å²) in [6, 6.07) is 15.4. The van der Waals surface area contributed by atoms with Gasteiger partial charge in [0, 0.05) is 24.1 Å². The lowest BCUT2D eigenvalue weighted by Crippen LogP contribution is -2.28. The summed E-state index contributed by atoms with van der Waals surface area (Å²) in [5.41, 5.74) is 1.77. The molecule has 0 radical (unpaired) electrons. The van der Waals surface area contributed by atoms with Crippen molar-refractivity contribution in [2.45, 2.75) is 19.3 Å². The molecule has 0 saturated heterocycles. The van der Waals surface area contributed by atoms with E-state index in [0.29, 0.717) is 29.5 Å². The number of hydrogen-bond acceptors (Lipinski definition) is 3. The highest BCUT2D eigenvalue weighted by atomic mass is 16.5. The van der Waals surface area contributed by atoms with Crippen LogP contribution in [0.5, 0.6) is 11.5 Å². The maximum absolute atomic E-state index is 12.4. The lowest BCUT2D eigenvalue weighted by Gasteiger charge is -2.16. The predicted octanol–water partition coefficient (Wildman–Crippen LogP) is 3.63. The molecule has 0 aliphatic heterocycles. The fraction of sp³-hybridized carbons (Fsp3) is 0.316. The first-order valence-electron chi connectivity index (χ1n) is 7.74. The Hall–Kier alpha value is -2.49. The monoisotopic (exact) mass is 313 g/mol. The fourth-order valence-corrected chi connectivity index (χ4v) is 2.48. The minimum absolute atomic E-state index is 0.128. The lowest BCUT2D eigenvalue weighted by molar-refractivity contribution is 0.0950. The van der Waals surface area contributed by atoms with Crippen LogP contribution in [0.25, 0.3) is 0 Å². The van der Waals surface area contributed by atoms with Gasteiger partial charge in [-0.15, -0.1) is 0 Å². The van der Waals surface area contributed by atoms with Crippen molar-refractivity contribution in [2.75, 3.05) is 20.8 Å². The summed E-state index contributed by atoms with van der Waals surface area (Å²) in [6.45, 7) is 2.72.